The smallest absolute Gasteiger partial charge is 0.143 e. The maximum Gasteiger partial charge on any atom is 0.143 e. The summed E-state index contributed by atoms with van der Waals surface area (Å²) in [6.45, 7) is 0. The second kappa shape index (κ2) is 11.7. The van der Waals surface area contributed by atoms with Crippen molar-refractivity contribution in [2.24, 2.45) is 0 Å². The normalized spacial score (nSPS) is 11.8. The van der Waals surface area contributed by atoms with Crippen molar-refractivity contribution in [3.8, 4) is 22.3 Å². The highest BCUT2D eigenvalue weighted by atomic mass is 16.3. The molecular weight excluding hydrogens is 647 g/mol. The molecule has 3 heteroatoms. The first-order chi connectivity index (χ1) is 26.3. The van der Waals surface area contributed by atoms with Crippen molar-refractivity contribution >= 4 is 82.5 Å². The van der Waals surface area contributed by atoms with Gasteiger partial charge in [-0.25, -0.2) is 0 Å². The third-order valence-electron chi connectivity index (χ3n) is 10.6. The summed E-state index contributed by atoms with van der Waals surface area (Å²) < 4.78 is 12.9. The van der Waals surface area contributed by atoms with Crippen molar-refractivity contribution in [1.82, 2.24) is 0 Å². The predicted molar refractivity (Wildman–Crippen MR) is 222 cm³/mol. The van der Waals surface area contributed by atoms with Gasteiger partial charge in [-0.3, -0.25) is 0 Å². The van der Waals surface area contributed by atoms with E-state index < -0.39 is 0 Å². The standard InChI is InChI=1S/C50H31NO2/c1-3-15-39-33(10-1)12-8-18-40(39)36-14-7-13-35(30-36)32-22-25-37(26-23-32)51(38-27-29-47-44(31-38)42-17-5-6-20-46(42)52-47)45-19-9-21-48-49(45)43-28-24-34-11-2-4-16-41(34)50(43)53-48/h1-31H. The third kappa shape index (κ3) is 4.75. The van der Waals surface area contributed by atoms with Gasteiger partial charge in [0.25, 0.3) is 0 Å². The molecule has 3 nitrogen and oxygen atoms in total. The van der Waals surface area contributed by atoms with E-state index in [1.165, 1.54) is 27.5 Å². The van der Waals surface area contributed by atoms with Crippen LogP contribution in [0.1, 0.15) is 0 Å². The summed E-state index contributed by atoms with van der Waals surface area (Å²) in [5.41, 5.74) is 11.4. The minimum absolute atomic E-state index is 0.857. The number of fused-ring (bicyclic) bond motifs is 9. The van der Waals surface area contributed by atoms with Gasteiger partial charge in [0.05, 0.1) is 11.1 Å². The number of rotatable bonds is 5. The maximum atomic E-state index is 6.65. The lowest BCUT2D eigenvalue weighted by molar-refractivity contribution is 0.669. The Morgan fingerprint density at radius 1 is 0.340 bits per heavy atom. The van der Waals surface area contributed by atoms with Crippen molar-refractivity contribution in [1.29, 1.82) is 0 Å². The summed E-state index contributed by atoms with van der Waals surface area (Å²) in [6, 6.07) is 66.8. The van der Waals surface area contributed by atoms with Crippen molar-refractivity contribution < 1.29 is 8.83 Å². The van der Waals surface area contributed by atoms with Crippen LogP contribution in [0.2, 0.25) is 0 Å². The van der Waals surface area contributed by atoms with Crippen LogP contribution in [0.3, 0.4) is 0 Å². The van der Waals surface area contributed by atoms with Crippen LogP contribution >= 0.6 is 0 Å². The molecule has 11 rings (SSSR count). The lowest BCUT2D eigenvalue weighted by Gasteiger charge is -2.26. The highest BCUT2D eigenvalue weighted by Gasteiger charge is 2.21. The van der Waals surface area contributed by atoms with E-state index >= 15 is 0 Å². The summed E-state index contributed by atoms with van der Waals surface area (Å²) in [6.07, 6.45) is 0. The molecule has 0 saturated carbocycles. The van der Waals surface area contributed by atoms with Crippen LogP contribution in [-0.2, 0) is 0 Å². The van der Waals surface area contributed by atoms with E-state index in [0.29, 0.717) is 0 Å². The Balaban J connectivity index is 1.09. The van der Waals surface area contributed by atoms with Gasteiger partial charge in [0.15, 0.2) is 0 Å². The minimum Gasteiger partial charge on any atom is -0.456 e. The Labute approximate surface area is 305 Å². The number of benzene rings is 9. The number of nitrogens with zero attached hydrogens (tertiary/aromatic N) is 1. The zero-order valence-electron chi connectivity index (χ0n) is 28.7. The van der Waals surface area contributed by atoms with Crippen molar-refractivity contribution in [3.63, 3.8) is 0 Å². The molecule has 0 amide bonds. The molecule has 0 unspecified atom stereocenters. The van der Waals surface area contributed by atoms with Crippen LogP contribution in [0.5, 0.6) is 0 Å². The van der Waals surface area contributed by atoms with Crippen LogP contribution < -0.4 is 4.90 Å². The second-order valence-corrected chi connectivity index (χ2v) is 13.7. The van der Waals surface area contributed by atoms with Gasteiger partial charge in [-0.05, 0) is 99.1 Å². The van der Waals surface area contributed by atoms with Gasteiger partial charge in [0.2, 0.25) is 0 Å². The first-order valence-corrected chi connectivity index (χ1v) is 18.0. The monoisotopic (exact) mass is 677 g/mol. The SMILES string of the molecule is c1cc(-c2ccc(N(c3ccc4oc5ccccc5c4c3)c3cccc4oc5c6ccccc6ccc5c34)cc2)cc(-c2cccc3ccccc23)c1. The van der Waals surface area contributed by atoms with Crippen LogP contribution in [0.25, 0.3) is 87.7 Å². The quantitative estimate of drug-likeness (QED) is 0.182. The van der Waals surface area contributed by atoms with Gasteiger partial charge in [-0.15, -0.1) is 0 Å². The molecular formula is C50H31NO2. The summed E-state index contributed by atoms with van der Waals surface area (Å²) in [5.74, 6) is 0. The fourth-order valence-corrected chi connectivity index (χ4v) is 8.15. The zero-order chi connectivity index (χ0) is 34.9. The predicted octanol–water partition coefficient (Wildman–Crippen LogP) is 14.6. The number of furan rings is 2. The van der Waals surface area contributed by atoms with Crippen LogP contribution in [0, 0.1) is 0 Å². The van der Waals surface area contributed by atoms with Gasteiger partial charge in [-0.1, -0.05) is 127 Å². The Morgan fingerprint density at radius 3 is 1.89 bits per heavy atom. The third-order valence-corrected chi connectivity index (χ3v) is 10.6. The molecule has 0 radical (unpaired) electrons. The van der Waals surface area contributed by atoms with Crippen molar-refractivity contribution in [3.05, 3.63) is 188 Å². The Morgan fingerprint density at radius 2 is 1.00 bits per heavy atom. The summed E-state index contributed by atoms with van der Waals surface area (Å²) in [5, 5.41) is 9.14. The topological polar surface area (TPSA) is 29.5 Å². The van der Waals surface area contributed by atoms with Crippen molar-refractivity contribution in [2.75, 3.05) is 4.90 Å². The molecule has 0 saturated heterocycles. The Hall–Kier alpha value is -7.10. The maximum absolute atomic E-state index is 6.65. The number of hydrogen-bond donors (Lipinski definition) is 0. The molecule has 0 spiro atoms. The van der Waals surface area contributed by atoms with E-state index in [0.717, 1.165) is 77.3 Å². The largest absolute Gasteiger partial charge is 0.456 e. The van der Waals surface area contributed by atoms with E-state index in [2.05, 4.69) is 181 Å². The fraction of sp³-hybridized carbons (Fsp3) is 0. The molecule has 0 atom stereocenters. The van der Waals surface area contributed by atoms with Crippen LogP contribution in [0.15, 0.2) is 197 Å². The van der Waals surface area contributed by atoms with E-state index in [4.69, 9.17) is 8.83 Å². The summed E-state index contributed by atoms with van der Waals surface area (Å²) >= 11 is 0. The molecule has 248 valence electrons. The highest BCUT2D eigenvalue weighted by molar-refractivity contribution is 6.20. The van der Waals surface area contributed by atoms with E-state index in [1.807, 2.05) is 12.1 Å². The molecule has 0 fully saturated rings. The number of hydrogen-bond acceptors (Lipinski definition) is 3. The molecule has 0 aliphatic heterocycles. The average molecular weight is 678 g/mol. The summed E-state index contributed by atoms with van der Waals surface area (Å²) in [7, 11) is 0. The molecule has 0 aliphatic rings. The second-order valence-electron chi connectivity index (χ2n) is 13.7. The fourth-order valence-electron chi connectivity index (χ4n) is 8.15. The van der Waals surface area contributed by atoms with Gasteiger partial charge < -0.3 is 13.7 Å². The molecule has 2 heterocycles. The minimum atomic E-state index is 0.857. The Bertz CT molecular complexity index is 3180. The molecule has 9 aromatic carbocycles. The van der Waals surface area contributed by atoms with E-state index in [9.17, 15) is 0 Å². The Kier molecular flexibility index (Phi) is 6.55. The first-order valence-electron chi connectivity index (χ1n) is 18.0. The molecule has 53 heavy (non-hydrogen) atoms. The number of para-hydroxylation sites is 1. The molecule has 2 aromatic heterocycles. The molecule has 0 aliphatic carbocycles. The molecule has 11 aromatic rings. The average Bonchev–Trinajstić information content (AvgIpc) is 3.80. The first kappa shape index (κ1) is 29.6. The van der Waals surface area contributed by atoms with Crippen LogP contribution in [-0.4, -0.2) is 0 Å². The lowest BCUT2D eigenvalue weighted by atomic mass is 9.95. The van der Waals surface area contributed by atoms with Gasteiger partial charge >= 0.3 is 0 Å². The number of anilines is 3. The molecule has 0 bridgehead atoms. The van der Waals surface area contributed by atoms with Crippen LogP contribution in [0.4, 0.5) is 17.1 Å². The van der Waals surface area contributed by atoms with Gasteiger partial charge in [0.1, 0.15) is 22.3 Å². The molecule has 0 N–H and O–H groups in total. The summed E-state index contributed by atoms with van der Waals surface area (Å²) in [4.78, 5) is 2.35. The van der Waals surface area contributed by atoms with E-state index in [-0.39, 0.29) is 0 Å². The van der Waals surface area contributed by atoms with Gasteiger partial charge in [-0.2, -0.15) is 0 Å². The lowest BCUT2D eigenvalue weighted by Crippen LogP contribution is -2.10. The van der Waals surface area contributed by atoms with E-state index in [1.54, 1.807) is 0 Å². The highest BCUT2D eigenvalue weighted by Crippen LogP contribution is 2.46. The zero-order valence-corrected chi connectivity index (χ0v) is 28.7. The van der Waals surface area contributed by atoms with Gasteiger partial charge in [0, 0.05) is 32.9 Å². The van der Waals surface area contributed by atoms with Crippen molar-refractivity contribution in [2.45, 2.75) is 0 Å².